The number of rotatable bonds is 8. The number of nitrogens with one attached hydrogen (secondary N) is 1. The van der Waals surface area contributed by atoms with Gasteiger partial charge in [-0.25, -0.2) is 9.59 Å². The average Bonchev–Trinajstić information content (AvgIpc) is 2.89. The van der Waals surface area contributed by atoms with E-state index in [-0.39, 0.29) is 0 Å². The lowest BCUT2D eigenvalue weighted by molar-refractivity contribution is -0.134. The molecule has 3 N–H and O–H groups in total. The van der Waals surface area contributed by atoms with Crippen molar-refractivity contribution in [1.29, 1.82) is 0 Å². The molecule has 0 spiro atoms. The van der Waals surface area contributed by atoms with E-state index in [9.17, 15) is 9.59 Å². The van der Waals surface area contributed by atoms with Gasteiger partial charge in [0, 0.05) is 43.5 Å². The highest BCUT2D eigenvalue weighted by Crippen LogP contribution is 2.31. The number of aromatic nitrogens is 1. The van der Waals surface area contributed by atoms with Crippen LogP contribution in [0.2, 0.25) is 0 Å². The first-order chi connectivity index (χ1) is 17.4. The summed E-state index contributed by atoms with van der Waals surface area (Å²) in [5.41, 5.74) is 4.98. The molecule has 1 fully saturated rings. The van der Waals surface area contributed by atoms with Gasteiger partial charge in [-0.3, -0.25) is 9.88 Å². The summed E-state index contributed by atoms with van der Waals surface area (Å²) in [6, 6.07) is 29.0. The van der Waals surface area contributed by atoms with E-state index in [4.69, 9.17) is 10.2 Å². The van der Waals surface area contributed by atoms with Crippen LogP contribution in [0.15, 0.2) is 91.0 Å². The highest BCUT2D eigenvalue weighted by molar-refractivity contribution is 5.89. The Morgan fingerprint density at radius 1 is 0.889 bits per heavy atom. The van der Waals surface area contributed by atoms with Gasteiger partial charge in [0.15, 0.2) is 0 Å². The SMILES string of the molecule is Cc1cccc(CNC2CCN(C(c3ccccc3)c3ccccc3)CC2)n1.O=C(O)C=CC(=O)O. The maximum Gasteiger partial charge on any atom is 0.328 e. The lowest BCUT2D eigenvalue weighted by atomic mass is 9.94. The van der Waals surface area contributed by atoms with E-state index in [1.165, 1.54) is 24.0 Å². The Kier molecular flexibility index (Phi) is 10.4. The lowest BCUT2D eigenvalue weighted by Crippen LogP contribution is -2.44. The molecule has 3 aromatic rings. The molecule has 0 unspecified atom stereocenters. The molecule has 4 rings (SSSR count). The number of benzene rings is 2. The Labute approximate surface area is 212 Å². The summed E-state index contributed by atoms with van der Waals surface area (Å²) in [5, 5.41) is 19.3. The predicted octanol–water partition coefficient (Wildman–Crippen LogP) is 4.45. The lowest BCUT2D eigenvalue weighted by Gasteiger charge is -2.38. The molecule has 7 nitrogen and oxygen atoms in total. The second-order valence-corrected chi connectivity index (χ2v) is 8.70. The largest absolute Gasteiger partial charge is 0.478 e. The summed E-state index contributed by atoms with van der Waals surface area (Å²) in [6.45, 7) is 5.11. The first-order valence-corrected chi connectivity index (χ1v) is 12.1. The predicted molar refractivity (Wildman–Crippen MR) is 140 cm³/mol. The van der Waals surface area contributed by atoms with Gasteiger partial charge in [-0.15, -0.1) is 0 Å². The van der Waals surface area contributed by atoms with Gasteiger partial charge in [0.25, 0.3) is 0 Å². The van der Waals surface area contributed by atoms with Gasteiger partial charge in [0.2, 0.25) is 0 Å². The maximum atomic E-state index is 9.55. The number of pyridine rings is 1. The zero-order valence-corrected chi connectivity index (χ0v) is 20.5. The van der Waals surface area contributed by atoms with Crippen LogP contribution in [0.3, 0.4) is 0 Å². The number of aliphatic carboxylic acids is 2. The number of carboxylic acids is 2. The smallest absolute Gasteiger partial charge is 0.328 e. The summed E-state index contributed by atoms with van der Waals surface area (Å²) >= 11 is 0. The van der Waals surface area contributed by atoms with E-state index in [0.717, 1.165) is 31.0 Å². The fourth-order valence-electron chi connectivity index (χ4n) is 4.34. The summed E-state index contributed by atoms with van der Waals surface area (Å²) in [4.78, 5) is 26.3. The molecule has 2 heterocycles. The standard InChI is InChI=1S/C25H29N3.C4H4O4/c1-20-9-8-14-24(27-20)19-26-23-15-17-28(18-16-23)25(21-10-4-2-5-11-21)22-12-6-3-7-13-22;5-3(6)1-2-4(7)8/h2-14,23,25-26H,15-19H2,1H3;1-2H,(H,5,6)(H,7,8). The molecule has 2 aromatic carbocycles. The van der Waals surface area contributed by atoms with Crippen LogP contribution in [0.5, 0.6) is 0 Å². The molecule has 0 saturated carbocycles. The second-order valence-electron chi connectivity index (χ2n) is 8.70. The van der Waals surface area contributed by atoms with Crippen LogP contribution in [0.25, 0.3) is 0 Å². The molecule has 7 heteroatoms. The van der Waals surface area contributed by atoms with E-state index < -0.39 is 11.9 Å². The molecule has 1 aromatic heterocycles. The molecule has 0 aliphatic carbocycles. The summed E-state index contributed by atoms with van der Waals surface area (Å²) < 4.78 is 0. The summed E-state index contributed by atoms with van der Waals surface area (Å²) in [7, 11) is 0. The Balaban J connectivity index is 0.000000392. The van der Waals surface area contributed by atoms with E-state index in [1.807, 2.05) is 0 Å². The van der Waals surface area contributed by atoms with Crippen molar-refractivity contribution in [2.45, 2.75) is 38.4 Å². The van der Waals surface area contributed by atoms with Crippen molar-refractivity contribution in [2.75, 3.05) is 13.1 Å². The normalized spacial score (nSPS) is 14.4. The van der Waals surface area contributed by atoms with E-state index >= 15 is 0 Å². The third kappa shape index (κ3) is 8.76. The quantitative estimate of drug-likeness (QED) is 0.404. The van der Waals surface area contributed by atoms with Crippen LogP contribution >= 0.6 is 0 Å². The Hall–Kier alpha value is -3.81. The number of nitrogens with zero attached hydrogens (tertiary/aromatic N) is 2. The van der Waals surface area contributed by atoms with Gasteiger partial charge < -0.3 is 15.5 Å². The van der Waals surface area contributed by atoms with Crippen LogP contribution in [0.1, 0.15) is 41.4 Å². The molecule has 36 heavy (non-hydrogen) atoms. The fourth-order valence-corrected chi connectivity index (χ4v) is 4.34. The van der Waals surface area contributed by atoms with Crippen molar-refractivity contribution < 1.29 is 19.8 Å². The third-order valence-corrected chi connectivity index (χ3v) is 6.01. The maximum absolute atomic E-state index is 9.55. The molecule has 0 atom stereocenters. The fraction of sp³-hybridized carbons (Fsp3) is 0.276. The topological polar surface area (TPSA) is 103 Å². The minimum Gasteiger partial charge on any atom is -0.478 e. The van der Waals surface area contributed by atoms with E-state index in [0.29, 0.717) is 24.2 Å². The Bertz CT molecular complexity index is 1070. The zero-order chi connectivity index (χ0) is 25.8. The minimum absolute atomic E-state index is 0.335. The van der Waals surface area contributed by atoms with Crippen molar-refractivity contribution in [3.63, 3.8) is 0 Å². The molecular weight excluding hydrogens is 454 g/mol. The van der Waals surface area contributed by atoms with Crippen molar-refractivity contribution in [3.05, 3.63) is 114 Å². The van der Waals surface area contributed by atoms with E-state index in [2.05, 4.69) is 101 Å². The van der Waals surface area contributed by atoms with E-state index in [1.54, 1.807) is 0 Å². The Morgan fingerprint density at radius 3 is 1.89 bits per heavy atom. The first kappa shape index (κ1) is 26.8. The molecule has 0 radical (unpaired) electrons. The van der Waals surface area contributed by atoms with Crippen molar-refractivity contribution in [1.82, 2.24) is 15.2 Å². The van der Waals surface area contributed by atoms with Crippen LogP contribution in [0, 0.1) is 6.92 Å². The van der Waals surface area contributed by atoms with Gasteiger partial charge in [-0.1, -0.05) is 66.7 Å². The van der Waals surface area contributed by atoms with Gasteiger partial charge >= 0.3 is 11.9 Å². The number of hydrogen-bond acceptors (Lipinski definition) is 5. The Morgan fingerprint density at radius 2 is 1.42 bits per heavy atom. The first-order valence-electron chi connectivity index (χ1n) is 12.1. The second kappa shape index (κ2) is 13.9. The zero-order valence-electron chi connectivity index (χ0n) is 20.5. The number of carbonyl (C=O) groups is 2. The van der Waals surface area contributed by atoms with Crippen molar-refractivity contribution >= 4 is 11.9 Å². The number of hydrogen-bond donors (Lipinski definition) is 3. The minimum atomic E-state index is -1.26. The van der Waals surface area contributed by atoms with Crippen molar-refractivity contribution in [3.8, 4) is 0 Å². The van der Waals surface area contributed by atoms with Crippen LogP contribution in [0.4, 0.5) is 0 Å². The number of piperidine rings is 1. The highest BCUT2D eigenvalue weighted by Gasteiger charge is 2.27. The third-order valence-electron chi connectivity index (χ3n) is 6.01. The van der Waals surface area contributed by atoms with Gasteiger partial charge in [0.05, 0.1) is 11.7 Å². The molecule has 0 bridgehead atoms. The highest BCUT2D eigenvalue weighted by atomic mass is 16.4. The summed E-state index contributed by atoms with van der Waals surface area (Å²) in [5.74, 6) is -2.51. The van der Waals surface area contributed by atoms with Crippen molar-refractivity contribution in [2.24, 2.45) is 0 Å². The molecule has 188 valence electrons. The summed E-state index contributed by atoms with van der Waals surface area (Å²) in [6.07, 6.45) is 3.45. The average molecular weight is 488 g/mol. The molecule has 1 aliphatic rings. The number of likely N-dealkylation sites (tertiary alicyclic amines) is 1. The van der Waals surface area contributed by atoms with Crippen LogP contribution in [-0.4, -0.2) is 51.2 Å². The molecule has 1 saturated heterocycles. The molecule has 0 amide bonds. The van der Waals surface area contributed by atoms with Crippen LogP contribution < -0.4 is 5.32 Å². The van der Waals surface area contributed by atoms with Crippen LogP contribution in [-0.2, 0) is 16.1 Å². The monoisotopic (exact) mass is 487 g/mol. The molecule has 1 aliphatic heterocycles. The van der Waals surface area contributed by atoms with Gasteiger partial charge in [-0.2, -0.15) is 0 Å². The number of aryl methyl sites for hydroxylation is 1. The van der Waals surface area contributed by atoms with Gasteiger partial charge in [0.1, 0.15) is 0 Å². The molecular formula is C29H33N3O4. The van der Waals surface area contributed by atoms with Gasteiger partial charge in [-0.05, 0) is 43.0 Å². The number of carboxylic acid groups (broad SMARTS) is 2.